The molecule has 1 aromatic carbocycles. The van der Waals surface area contributed by atoms with E-state index in [0.717, 1.165) is 10.2 Å². The number of benzene rings is 1. The summed E-state index contributed by atoms with van der Waals surface area (Å²) in [6.45, 7) is 7.94. The van der Waals surface area contributed by atoms with E-state index < -0.39 is 11.8 Å². The minimum absolute atomic E-state index is 0.503. The molecule has 0 bridgehead atoms. The van der Waals surface area contributed by atoms with Crippen LogP contribution < -0.4 is 0 Å². The molecule has 1 saturated carbocycles. The molecular weight excluding hydrogens is 324 g/mol. The molecule has 1 aliphatic rings. The number of rotatable bonds is 3. The molecule has 4 heteroatoms. The van der Waals surface area contributed by atoms with E-state index in [9.17, 15) is 8.78 Å². The summed E-state index contributed by atoms with van der Waals surface area (Å²) in [4.78, 5) is 4.40. The SMILES string of the molecule is CC1(C(F)F)CC1.Cc1cc(Br)ccc1N=CC(C)C. The molecule has 0 unspecified atom stereocenters. The first-order valence-electron chi connectivity index (χ1n) is 6.83. The molecule has 0 amide bonds. The summed E-state index contributed by atoms with van der Waals surface area (Å²) in [7, 11) is 0. The predicted molar refractivity (Wildman–Crippen MR) is 85.2 cm³/mol. The van der Waals surface area contributed by atoms with Crippen LogP contribution in [0.4, 0.5) is 14.5 Å². The fourth-order valence-corrected chi connectivity index (χ4v) is 1.88. The van der Waals surface area contributed by atoms with Gasteiger partial charge in [0.05, 0.1) is 5.69 Å². The third-order valence-electron chi connectivity index (χ3n) is 3.24. The van der Waals surface area contributed by atoms with Gasteiger partial charge in [-0.15, -0.1) is 0 Å². The van der Waals surface area contributed by atoms with Gasteiger partial charge in [-0.2, -0.15) is 0 Å². The Morgan fingerprint density at radius 1 is 1.30 bits per heavy atom. The van der Waals surface area contributed by atoms with E-state index in [4.69, 9.17) is 0 Å². The second kappa shape index (κ2) is 7.30. The summed E-state index contributed by atoms with van der Waals surface area (Å²) in [6, 6.07) is 6.12. The van der Waals surface area contributed by atoms with E-state index in [1.807, 2.05) is 18.3 Å². The van der Waals surface area contributed by atoms with Crippen LogP contribution in [0, 0.1) is 18.3 Å². The fourth-order valence-electron chi connectivity index (χ4n) is 1.41. The summed E-state index contributed by atoms with van der Waals surface area (Å²) >= 11 is 3.42. The molecule has 0 atom stereocenters. The van der Waals surface area contributed by atoms with Gasteiger partial charge in [-0.1, -0.05) is 36.7 Å². The number of nitrogens with zero attached hydrogens (tertiary/aromatic N) is 1. The fraction of sp³-hybridized carbons (Fsp3) is 0.562. The van der Waals surface area contributed by atoms with E-state index in [-0.39, 0.29) is 0 Å². The second-order valence-electron chi connectivity index (χ2n) is 5.91. The number of alkyl halides is 2. The third kappa shape index (κ3) is 5.70. The van der Waals surface area contributed by atoms with Gasteiger partial charge >= 0.3 is 0 Å². The van der Waals surface area contributed by atoms with Gasteiger partial charge in [0.2, 0.25) is 6.43 Å². The Morgan fingerprint density at radius 2 is 1.90 bits per heavy atom. The van der Waals surface area contributed by atoms with Crippen molar-refractivity contribution >= 4 is 27.8 Å². The predicted octanol–water partition coefficient (Wildman–Crippen LogP) is 6.17. The molecule has 1 aromatic rings. The van der Waals surface area contributed by atoms with Crippen molar-refractivity contribution in [3.63, 3.8) is 0 Å². The van der Waals surface area contributed by atoms with Crippen molar-refractivity contribution < 1.29 is 8.78 Å². The number of aryl methyl sites for hydroxylation is 1. The molecule has 0 radical (unpaired) electrons. The van der Waals surface area contributed by atoms with E-state index in [1.54, 1.807) is 6.92 Å². The lowest BCUT2D eigenvalue weighted by Gasteiger charge is -2.02. The molecule has 0 aliphatic heterocycles. The van der Waals surface area contributed by atoms with E-state index in [0.29, 0.717) is 18.8 Å². The molecular formula is C16H22BrF2N. The Morgan fingerprint density at radius 3 is 2.25 bits per heavy atom. The van der Waals surface area contributed by atoms with Gasteiger partial charge in [0.15, 0.2) is 0 Å². The molecule has 1 nitrogen and oxygen atoms in total. The average molecular weight is 346 g/mol. The summed E-state index contributed by atoms with van der Waals surface area (Å²) in [5.74, 6) is 0.503. The molecule has 0 saturated heterocycles. The van der Waals surface area contributed by atoms with Gasteiger partial charge in [0, 0.05) is 16.1 Å². The minimum atomic E-state index is -2.09. The van der Waals surface area contributed by atoms with E-state index in [2.05, 4.69) is 47.8 Å². The van der Waals surface area contributed by atoms with Gasteiger partial charge in [-0.25, -0.2) is 8.78 Å². The van der Waals surface area contributed by atoms with Crippen molar-refractivity contribution in [3.8, 4) is 0 Å². The van der Waals surface area contributed by atoms with Crippen molar-refractivity contribution in [1.82, 2.24) is 0 Å². The Balaban J connectivity index is 0.000000240. The molecule has 20 heavy (non-hydrogen) atoms. The van der Waals surface area contributed by atoms with Crippen molar-refractivity contribution in [1.29, 1.82) is 0 Å². The minimum Gasteiger partial charge on any atom is -0.261 e. The number of halogens is 3. The zero-order valence-corrected chi connectivity index (χ0v) is 14.0. The lowest BCUT2D eigenvalue weighted by Crippen LogP contribution is -2.05. The van der Waals surface area contributed by atoms with E-state index >= 15 is 0 Å². The first kappa shape index (κ1) is 17.3. The Labute approximate surface area is 128 Å². The van der Waals surface area contributed by atoms with Crippen LogP contribution in [0.3, 0.4) is 0 Å². The van der Waals surface area contributed by atoms with Crippen molar-refractivity contribution in [2.75, 3.05) is 0 Å². The first-order chi connectivity index (χ1) is 9.24. The zero-order valence-electron chi connectivity index (χ0n) is 12.5. The largest absolute Gasteiger partial charge is 0.261 e. The number of aliphatic imine (C=N–C) groups is 1. The molecule has 1 fully saturated rings. The second-order valence-corrected chi connectivity index (χ2v) is 6.82. The highest BCUT2D eigenvalue weighted by atomic mass is 79.9. The normalized spacial score (nSPS) is 16.4. The molecule has 0 heterocycles. The van der Waals surface area contributed by atoms with E-state index in [1.165, 1.54) is 5.56 Å². The first-order valence-corrected chi connectivity index (χ1v) is 7.62. The maximum atomic E-state index is 11.6. The van der Waals surface area contributed by atoms with Crippen LogP contribution in [0.25, 0.3) is 0 Å². The maximum absolute atomic E-state index is 11.6. The van der Waals surface area contributed by atoms with Crippen molar-refractivity contribution in [2.45, 2.75) is 47.0 Å². The molecule has 112 valence electrons. The van der Waals surface area contributed by atoms with Crippen LogP contribution in [0.2, 0.25) is 0 Å². The van der Waals surface area contributed by atoms with Gasteiger partial charge < -0.3 is 0 Å². The number of hydrogen-bond acceptors (Lipinski definition) is 1. The summed E-state index contributed by atoms with van der Waals surface area (Å²) in [5.41, 5.74) is 1.67. The maximum Gasteiger partial charge on any atom is 0.243 e. The van der Waals surface area contributed by atoms with Crippen LogP contribution in [0.1, 0.15) is 39.2 Å². The lowest BCUT2D eigenvalue weighted by atomic mass is 10.2. The summed E-state index contributed by atoms with van der Waals surface area (Å²) in [6.07, 6.45) is 1.30. The smallest absolute Gasteiger partial charge is 0.243 e. The van der Waals surface area contributed by atoms with Gasteiger partial charge in [0.25, 0.3) is 0 Å². The highest BCUT2D eigenvalue weighted by molar-refractivity contribution is 9.10. The average Bonchev–Trinajstić information content (AvgIpc) is 3.08. The third-order valence-corrected chi connectivity index (χ3v) is 3.73. The van der Waals surface area contributed by atoms with Crippen LogP contribution >= 0.6 is 15.9 Å². The van der Waals surface area contributed by atoms with Gasteiger partial charge in [0.1, 0.15) is 0 Å². The molecule has 2 rings (SSSR count). The number of hydrogen-bond donors (Lipinski definition) is 0. The monoisotopic (exact) mass is 345 g/mol. The highest BCUT2D eigenvalue weighted by Crippen LogP contribution is 2.49. The molecule has 0 aromatic heterocycles. The lowest BCUT2D eigenvalue weighted by molar-refractivity contribution is 0.0721. The molecule has 1 aliphatic carbocycles. The standard InChI is InChI=1S/C11H14BrN.C5H8F2/c1-8(2)7-13-11-5-4-10(12)6-9(11)3;1-5(2-3-5)4(6)7/h4-8H,1-3H3;4H,2-3H2,1H3. The molecule has 0 N–H and O–H groups in total. The zero-order chi connectivity index (χ0) is 15.3. The van der Waals surface area contributed by atoms with Gasteiger partial charge in [-0.3, -0.25) is 4.99 Å². The van der Waals surface area contributed by atoms with Crippen LogP contribution in [-0.2, 0) is 0 Å². The van der Waals surface area contributed by atoms with Gasteiger partial charge in [-0.05, 0) is 49.4 Å². The summed E-state index contributed by atoms with van der Waals surface area (Å²) in [5, 5.41) is 0. The Bertz CT molecular complexity index is 466. The van der Waals surface area contributed by atoms with Crippen molar-refractivity contribution in [3.05, 3.63) is 28.2 Å². The Hall–Kier alpha value is -0.770. The quantitative estimate of drug-likeness (QED) is 0.581. The molecule has 0 spiro atoms. The summed E-state index contributed by atoms with van der Waals surface area (Å²) < 4.78 is 24.3. The van der Waals surface area contributed by atoms with Crippen LogP contribution in [-0.4, -0.2) is 12.6 Å². The Kier molecular flexibility index (Phi) is 6.31. The van der Waals surface area contributed by atoms with Crippen LogP contribution in [0.5, 0.6) is 0 Å². The highest BCUT2D eigenvalue weighted by Gasteiger charge is 2.45. The van der Waals surface area contributed by atoms with Crippen molar-refractivity contribution in [2.24, 2.45) is 16.3 Å². The van der Waals surface area contributed by atoms with Crippen LogP contribution in [0.15, 0.2) is 27.7 Å². The topological polar surface area (TPSA) is 12.4 Å².